The van der Waals surface area contributed by atoms with Crippen LogP contribution >= 0.6 is 23.2 Å². The first-order valence-corrected chi connectivity index (χ1v) is 7.93. The smallest absolute Gasteiger partial charge is 0.416 e. The van der Waals surface area contributed by atoms with E-state index in [0.29, 0.717) is 5.02 Å². The van der Waals surface area contributed by atoms with Gasteiger partial charge in [-0.15, -0.1) is 0 Å². The Labute approximate surface area is 156 Å². The molecule has 0 fully saturated rings. The highest BCUT2D eigenvalue weighted by Gasteiger charge is 2.31. The summed E-state index contributed by atoms with van der Waals surface area (Å²) in [4.78, 5) is 23.5. The number of alkyl halides is 3. The van der Waals surface area contributed by atoms with Crippen LogP contribution in [-0.4, -0.2) is 18.3 Å². The minimum absolute atomic E-state index is 0.0535. The number of rotatable bonds is 5. The van der Waals surface area contributed by atoms with Gasteiger partial charge < -0.3 is 10.1 Å². The zero-order valence-corrected chi connectivity index (χ0v) is 14.8. The maximum Gasteiger partial charge on any atom is 0.416 e. The van der Waals surface area contributed by atoms with E-state index >= 15 is 0 Å². The van der Waals surface area contributed by atoms with Crippen molar-refractivity contribution >= 4 is 40.6 Å². The average Bonchev–Trinajstić information content (AvgIpc) is 2.54. The standard InChI is InChI=1S/C17H12Cl2F3NO3/c1-9(24)12-7-11(18)3-5-15(12)26-8-16(25)23-14-6-10(17(20,21)22)2-4-13(14)19/h2-7H,8H2,1H3,(H,23,25). The first-order valence-electron chi connectivity index (χ1n) is 7.18. The lowest BCUT2D eigenvalue weighted by atomic mass is 10.1. The Hall–Kier alpha value is -2.25. The van der Waals surface area contributed by atoms with Gasteiger partial charge in [0.05, 0.1) is 21.8 Å². The number of carbonyl (C=O) groups excluding carboxylic acids is 2. The molecule has 0 saturated heterocycles. The summed E-state index contributed by atoms with van der Waals surface area (Å²) < 4.78 is 43.5. The number of hydrogen-bond donors (Lipinski definition) is 1. The third kappa shape index (κ3) is 5.12. The molecule has 0 bridgehead atoms. The second-order valence-electron chi connectivity index (χ2n) is 5.23. The minimum atomic E-state index is -4.57. The van der Waals surface area contributed by atoms with Gasteiger partial charge in [-0.3, -0.25) is 9.59 Å². The van der Waals surface area contributed by atoms with Gasteiger partial charge in [0.25, 0.3) is 5.91 Å². The van der Waals surface area contributed by atoms with Crippen LogP contribution in [0, 0.1) is 0 Å². The Morgan fingerprint density at radius 3 is 2.42 bits per heavy atom. The van der Waals surface area contributed by atoms with E-state index in [2.05, 4.69) is 5.32 Å². The lowest BCUT2D eigenvalue weighted by molar-refractivity contribution is -0.137. The van der Waals surface area contributed by atoms with Crippen molar-refractivity contribution in [3.63, 3.8) is 0 Å². The molecule has 0 saturated carbocycles. The molecule has 0 unspecified atom stereocenters. The van der Waals surface area contributed by atoms with Gasteiger partial charge >= 0.3 is 6.18 Å². The van der Waals surface area contributed by atoms with E-state index < -0.39 is 24.3 Å². The van der Waals surface area contributed by atoms with Crippen LogP contribution in [0.1, 0.15) is 22.8 Å². The Balaban J connectivity index is 2.10. The molecule has 26 heavy (non-hydrogen) atoms. The largest absolute Gasteiger partial charge is 0.483 e. The molecule has 2 aromatic carbocycles. The van der Waals surface area contributed by atoms with Crippen LogP contribution in [0.5, 0.6) is 5.75 Å². The van der Waals surface area contributed by atoms with Gasteiger partial charge in [-0.1, -0.05) is 23.2 Å². The Morgan fingerprint density at radius 1 is 1.12 bits per heavy atom. The fourth-order valence-corrected chi connectivity index (χ4v) is 2.37. The van der Waals surface area contributed by atoms with E-state index in [4.69, 9.17) is 27.9 Å². The van der Waals surface area contributed by atoms with E-state index in [1.807, 2.05) is 0 Å². The topological polar surface area (TPSA) is 55.4 Å². The highest BCUT2D eigenvalue weighted by Crippen LogP contribution is 2.33. The molecule has 1 amide bonds. The number of ether oxygens (including phenoxy) is 1. The van der Waals surface area contributed by atoms with Gasteiger partial charge in [0.15, 0.2) is 12.4 Å². The molecule has 2 aromatic rings. The minimum Gasteiger partial charge on any atom is -0.483 e. The van der Waals surface area contributed by atoms with E-state index in [-0.39, 0.29) is 27.8 Å². The second-order valence-corrected chi connectivity index (χ2v) is 6.07. The third-order valence-electron chi connectivity index (χ3n) is 3.25. The summed E-state index contributed by atoms with van der Waals surface area (Å²) in [5.74, 6) is -0.924. The number of amides is 1. The molecule has 0 aromatic heterocycles. The summed E-state index contributed by atoms with van der Waals surface area (Å²) in [5, 5.41) is 2.51. The van der Waals surface area contributed by atoms with Crippen LogP contribution in [0.4, 0.5) is 18.9 Å². The summed E-state index contributed by atoms with van der Waals surface area (Å²) in [5.41, 5.74) is -0.963. The molecule has 0 radical (unpaired) electrons. The Kier molecular flexibility index (Phi) is 6.15. The predicted molar refractivity (Wildman–Crippen MR) is 92.0 cm³/mol. The van der Waals surface area contributed by atoms with Crippen molar-refractivity contribution in [1.82, 2.24) is 0 Å². The average molecular weight is 406 g/mol. The number of halogens is 5. The van der Waals surface area contributed by atoms with Crippen LogP contribution < -0.4 is 10.1 Å². The zero-order valence-electron chi connectivity index (χ0n) is 13.3. The number of nitrogens with one attached hydrogen (secondary N) is 1. The summed E-state index contributed by atoms with van der Waals surface area (Å²) >= 11 is 11.6. The van der Waals surface area contributed by atoms with Gasteiger partial charge in [-0.2, -0.15) is 13.2 Å². The molecular formula is C17H12Cl2F3NO3. The van der Waals surface area contributed by atoms with Gasteiger partial charge in [0.2, 0.25) is 0 Å². The van der Waals surface area contributed by atoms with Gasteiger partial charge in [0, 0.05) is 5.02 Å². The molecular weight excluding hydrogens is 394 g/mol. The van der Waals surface area contributed by atoms with Crippen molar-refractivity contribution in [3.05, 3.63) is 57.6 Å². The number of anilines is 1. The first-order chi connectivity index (χ1) is 12.1. The maximum absolute atomic E-state index is 12.7. The van der Waals surface area contributed by atoms with Crippen LogP contribution in [0.25, 0.3) is 0 Å². The molecule has 0 atom stereocenters. The molecule has 2 rings (SSSR count). The molecule has 138 valence electrons. The molecule has 4 nitrogen and oxygen atoms in total. The fourth-order valence-electron chi connectivity index (χ4n) is 2.03. The molecule has 0 spiro atoms. The highest BCUT2D eigenvalue weighted by molar-refractivity contribution is 6.33. The molecule has 0 aliphatic carbocycles. The van der Waals surface area contributed by atoms with Crippen LogP contribution in [-0.2, 0) is 11.0 Å². The zero-order chi connectivity index (χ0) is 19.5. The van der Waals surface area contributed by atoms with E-state index in [1.54, 1.807) is 0 Å². The van der Waals surface area contributed by atoms with Crippen LogP contribution in [0.3, 0.4) is 0 Å². The van der Waals surface area contributed by atoms with Crippen LogP contribution in [0.15, 0.2) is 36.4 Å². The normalized spacial score (nSPS) is 11.2. The van der Waals surface area contributed by atoms with Gasteiger partial charge in [0.1, 0.15) is 5.75 Å². The number of benzene rings is 2. The lowest BCUT2D eigenvalue weighted by Crippen LogP contribution is -2.21. The van der Waals surface area contributed by atoms with E-state index in [1.165, 1.54) is 25.1 Å². The van der Waals surface area contributed by atoms with E-state index in [0.717, 1.165) is 18.2 Å². The summed E-state index contributed by atoms with van der Waals surface area (Å²) in [7, 11) is 0. The molecule has 0 aliphatic heterocycles. The molecule has 1 N–H and O–H groups in total. The Morgan fingerprint density at radius 2 is 1.81 bits per heavy atom. The predicted octanol–water partition coefficient (Wildman–Crippen LogP) is 5.23. The lowest BCUT2D eigenvalue weighted by Gasteiger charge is -2.13. The van der Waals surface area contributed by atoms with Crippen molar-refractivity contribution in [3.8, 4) is 5.75 Å². The number of carbonyl (C=O) groups is 2. The van der Waals surface area contributed by atoms with E-state index in [9.17, 15) is 22.8 Å². The van der Waals surface area contributed by atoms with Crippen molar-refractivity contribution < 1.29 is 27.5 Å². The summed E-state index contributed by atoms with van der Waals surface area (Å²) in [6, 6.07) is 6.86. The van der Waals surface area contributed by atoms with Crippen molar-refractivity contribution in [2.45, 2.75) is 13.1 Å². The first kappa shape index (κ1) is 20.1. The third-order valence-corrected chi connectivity index (χ3v) is 3.81. The second kappa shape index (κ2) is 7.97. The Bertz CT molecular complexity index is 854. The van der Waals surface area contributed by atoms with Crippen molar-refractivity contribution in [1.29, 1.82) is 0 Å². The van der Waals surface area contributed by atoms with Crippen LogP contribution in [0.2, 0.25) is 10.0 Å². The maximum atomic E-state index is 12.7. The molecule has 9 heteroatoms. The highest BCUT2D eigenvalue weighted by atomic mass is 35.5. The van der Waals surface area contributed by atoms with Crippen molar-refractivity contribution in [2.24, 2.45) is 0 Å². The molecule has 0 heterocycles. The van der Waals surface area contributed by atoms with Crippen molar-refractivity contribution in [2.75, 3.05) is 11.9 Å². The molecule has 0 aliphatic rings. The SMILES string of the molecule is CC(=O)c1cc(Cl)ccc1OCC(=O)Nc1cc(C(F)(F)F)ccc1Cl. The monoisotopic (exact) mass is 405 g/mol. The number of hydrogen-bond acceptors (Lipinski definition) is 3. The summed E-state index contributed by atoms with van der Waals surface area (Å²) in [6.07, 6.45) is -4.57. The van der Waals surface area contributed by atoms with Gasteiger partial charge in [-0.05, 0) is 43.3 Å². The number of ketones is 1. The summed E-state index contributed by atoms with van der Waals surface area (Å²) in [6.45, 7) is 0.773. The quantitative estimate of drug-likeness (QED) is 0.692. The van der Waals surface area contributed by atoms with Gasteiger partial charge in [-0.25, -0.2) is 0 Å². The fraction of sp³-hybridized carbons (Fsp3) is 0.176. The number of Topliss-reactive ketones (excluding diaryl/α,β-unsaturated/α-hetero) is 1.